The third-order valence-electron chi connectivity index (χ3n) is 8.33. The first-order valence-corrected chi connectivity index (χ1v) is 15.8. The van der Waals surface area contributed by atoms with Gasteiger partial charge in [-0.3, -0.25) is 0 Å². The zero-order valence-corrected chi connectivity index (χ0v) is 25.7. The molecule has 47 heavy (non-hydrogen) atoms. The third kappa shape index (κ3) is 5.65. The van der Waals surface area contributed by atoms with Gasteiger partial charge in [-0.05, 0) is 48.5 Å². The minimum absolute atomic E-state index is 0.864. The van der Waals surface area contributed by atoms with E-state index in [1.165, 1.54) is 0 Å². The topological polar surface area (TPSA) is 32.9 Å². The van der Waals surface area contributed by atoms with Crippen molar-refractivity contribution in [1.29, 1.82) is 0 Å². The lowest BCUT2D eigenvalue weighted by Gasteiger charge is -2.25. The molecule has 4 nitrogen and oxygen atoms in total. The van der Waals surface area contributed by atoms with E-state index in [1.54, 1.807) is 0 Å². The Labute approximate surface area is 274 Å². The second-order valence-corrected chi connectivity index (χ2v) is 11.3. The number of rotatable bonds is 7. The van der Waals surface area contributed by atoms with E-state index in [9.17, 15) is 0 Å². The summed E-state index contributed by atoms with van der Waals surface area (Å²) >= 11 is 0. The van der Waals surface area contributed by atoms with Gasteiger partial charge in [0.05, 0.1) is 28.1 Å². The van der Waals surface area contributed by atoms with Gasteiger partial charge >= 0.3 is 0 Å². The lowest BCUT2D eigenvalue weighted by atomic mass is 10.0. The average Bonchev–Trinajstić information content (AvgIpc) is 3.16. The van der Waals surface area contributed by atoms with Gasteiger partial charge in [0, 0.05) is 52.3 Å². The molecule has 0 saturated heterocycles. The maximum Gasteiger partial charge on any atom is 0.220 e. The Kier molecular flexibility index (Phi) is 7.50. The van der Waals surface area contributed by atoms with Crippen molar-refractivity contribution in [2.75, 3.05) is 4.90 Å². The van der Waals surface area contributed by atoms with Crippen LogP contribution in [0.5, 0.6) is 0 Å². The normalized spacial score (nSPS) is 11.0. The lowest BCUT2D eigenvalue weighted by molar-refractivity contribution is -0.583. The summed E-state index contributed by atoms with van der Waals surface area (Å²) in [7, 11) is 0. The molecule has 0 N–H and O–H groups in total. The second kappa shape index (κ2) is 12.5. The van der Waals surface area contributed by atoms with Crippen LogP contribution >= 0.6 is 0 Å². The molecule has 8 aromatic rings. The first-order valence-electron chi connectivity index (χ1n) is 15.8. The Balaban J connectivity index is 1.26. The van der Waals surface area contributed by atoms with Crippen molar-refractivity contribution < 1.29 is 4.57 Å². The molecule has 0 unspecified atom stereocenters. The van der Waals surface area contributed by atoms with Crippen LogP contribution in [0.25, 0.3) is 50.5 Å². The number of hydrogen-bond acceptors (Lipinski definition) is 3. The van der Waals surface area contributed by atoms with Gasteiger partial charge in [-0.1, -0.05) is 109 Å². The predicted octanol–water partition coefficient (Wildman–Crippen LogP) is 10.4. The summed E-state index contributed by atoms with van der Waals surface area (Å²) in [5, 5.41) is 0. The van der Waals surface area contributed by atoms with Crippen molar-refractivity contribution in [3.05, 3.63) is 188 Å². The monoisotopic (exact) mass is 603 g/mol. The summed E-state index contributed by atoms with van der Waals surface area (Å²) in [4.78, 5) is 12.5. The van der Waals surface area contributed by atoms with Crippen molar-refractivity contribution in [3.8, 4) is 39.5 Å². The molecule has 0 aliphatic rings. The van der Waals surface area contributed by atoms with Crippen LogP contribution in [0.15, 0.2) is 188 Å². The molecular weight excluding hydrogens is 573 g/mol. The molecule has 222 valence electrons. The van der Waals surface area contributed by atoms with E-state index in [2.05, 4.69) is 149 Å². The molecule has 0 fully saturated rings. The lowest BCUT2D eigenvalue weighted by Crippen LogP contribution is -2.33. The molecule has 0 radical (unpaired) electrons. The van der Waals surface area contributed by atoms with Crippen molar-refractivity contribution >= 4 is 28.1 Å². The molecule has 0 amide bonds. The van der Waals surface area contributed by atoms with Gasteiger partial charge in [0.1, 0.15) is 0 Å². The zero-order chi connectivity index (χ0) is 31.4. The van der Waals surface area contributed by atoms with E-state index < -0.39 is 0 Å². The molecule has 0 bridgehead atoms. The first-order chi connectivity index (χ1) is 23.3. The van der Waals surface area contributed by atoms with Gasteiger partial charge in [0.25, 0.3) is 0 Å². The summed E-state index contributed by atoms with van der Waals surface area (Å²) in [6, 6.07) is 63.0. The molecule has 2 heterocycles. The highest BCUT2D eigenvalue weighted by molar-refractivity contribution is 5.87. The van der Waals surface area contributed by atoms with Crippen LogP contribution in [0.1, 0.15) is 0 Å². The Bertz CT molecular complexity index is 2270. The SMILES string of the molecule is c1ccc(-c2nc3ccccc3nc2-c2ccc(N(c3ccccc3)c3cc[n+](-c4ccccc4)c(-c4ccccc4)c3)cc2)cc1. The van der Waals surface area contributed by atoms with E-state index in [4.69, 9.17) is 9.97 Å². The van der Waals surface area contributed by atoms with Gasteiger partial charge in [0.15, 0.2) is 6.20 Å². The molecular formula is C43H31N4+. The number of nitrogens with zero attached hydrogens (tertiary/aromatic N) is 4. The maximum absolute atomic E-state index is 5.12. The number of aromatic nitrogens is 3. The van der Waals surface area contributed by atoms with Crippen LogP contribution in [-0.2, 0) is 0 Å². The summed E-state index contributed by atoms with van der Waals surface area (Å²) in [6.45, 7) is 0. The van der Waals surface area contributed by atoms with Crippen LogP contribution in [0.2, 0.25) is 0 Å². The minimum Gasteiger partial charge on any atom is -0.310 e. The zero-order valence-electron chi connectivity index (χ0n) is 25.7. The third-order valence-corrected chi connectivity index (χ3v) is 8.33. The van der Waals surface area contributed by atoms with Gasteiger partial charge in [-0.2, -0.15) is 4.57 Å². The molecule has 0 atom stereocenters. The number of fused-ring (bicyclic) bond motifs is 1. The van der Waals surface area contributed by atoms with E-state index in [0.717, 1.165) is 67.6 Å². The fourth-order valence-electron chi connectivity index (χ4n) is 6.06. The molecule has 2 aromatic heterocycles. The van der Waals surface area contributed by atoms with Gasteiger partial charge in [-0.25, -0.2) is 9.97 Å². The highest BCUT2D eigenvalue weighted by Crippen LogP contribution is 2.38. The minimum atomic E-state index is 0.864. The quantitative estimate of drug-likeness (QED) is 0.170. The highest BCUT2D eigenvalue weighted by Gasteiger charge is 2.21. The van der Waals surface area contributed by atoms with Crippen LogP contribution in [-0.4, -0.2) is 9.97 Å². The van der Waals surface area contributed by atoms with Crippen LogP contribution in [0, 0.1) is 0 Å². The van der Waals surface area contributed by atoms with E-state index >= 15 is 0 Å². The summed E-state index contributed by atoms with van der Waals surface area (Å²) in [5.41, 5.74) is 12.1. The predicted molar refractivity (Wildman–Crippen MR) is 192 cm³/mol. The maximum atomic E-state index is 5.12. The summed E-state index contributed by atoms with van der Waals surface area (Å²) in [6.07, 6.45) is 2.16. The van der Waals surface area contributed by atoms with Gasteiger partial charge in [-0.15, -0.1) is 0 Å². The van der Waals surface area contributed by atoms with Crippen LogP contribution in [0.3, 0.4) is 0 Å². The Morgan fingerprint density at radius 2 is 0.851 bits per heavy atom. The fourth-order valence-corrected chi connectivity index (χ4v) is 6.06. The molecule has 0 aliphatic carbocycles. The molecule has 0 spiro atoms. The second-order valence-electron chi connectivity index (χ2n) is 11.3. The van der Waals surface area contributed by atoms with Crippen molar-refractivity contribution in [2.45, 2.75) is 0 Å². The standard InChI is InChI=1S/C43H31N4/c1-5-15-32(16-6-1)41-31-38(29-30-46(41)35-19-9-3-10-20-35)47(36-21-11-4-12-22-36)37-27-25-34(26-28-37)43-42(33-17-7-2-8-18-33)44-39-23-13-14-24-40(39)45-43/h1-31H/q+1. The highest BCUT2D eigenvalue weighted by atomic mass is 15.1. The van der Waals surface area contributed by atoms with E-state index in [1.807, 2.05) is 48.5 Å². The molecule has 8 rings (SSSR count). The smallest absolute Gasteiger partial charge is 0.220 e. The van der Waals surface area contributed by atoms with Gasteiger partial charge in [0.2, 0.25) is 11.4 Å². The van der Waals surface area contributed by atoms with Crippen LogP contribution < -0.4 is 9.47 Å². The Morgan fingerprint density at radius 1 is 0.383 bits per heavy atom. The average molecular weight is 604 g/mol. The van der Waals surface area contributed by atoms with Crippen molar-refractivity contribution in [3.63, 3.8) is 0 Å². The van der Waals surface area contributed by atoms with E-state index in [-0.39, 0.29) is 0 Å². The molecule has 0 aliphatic heterocycles. The van der Waals surface area contributed by atoms with Gasteiger partial charge < -0.3 is 4.90 Å². The van der Waals surface area contributed by atoms with Crippen molar-refractivity contribution in [1.82, 2.24) is 9.97 Å². The number of pyridine rings is 1. The summed E-state index contributed by atoms with van der Waals surface area (Å²) in [5.74, 6) is 0. The van der Waals surface area contributed by atoms with E-state index in [0.29, 0.717) is 0 Å². The number of benzene rings is 6. The number of hydrogen-bond donors (Lipinski definition) is 0. The molecule has 0 saturated carbocycles. The fraction of sp³-hybridized carbons (Fsp3) is 0. The largest absolute Gasteiger partial charge is 0.310 e. The first kappa shape index (κ1) is 28.1. The molecule has 4 heteroatoms. The Morgan fingerprint density at radius 3 is 1.45 bits per heavy atom. The number of para-hydroxylation sites is 4. The summed E-state index contributed by atoms with van der Waals surface area (Å²) < 4.78 is 2.24. The number of anilines is 3. The Hall–Kier alpha value is -6.39. The van der Waals surface area contributed by atoms with Crippen LogP contribution in [0.4, 0.5) is 17.1 Å². The molecule has 6 aromatic carbocycles. The van der Waals surface area contributed by atoms with Crippen molar-refractivity contribution in [2.24, 2.45) is 0 Å².